The standard InChI is InChI=1S/C18H29N3/c1-2-15-4-3-5-16(12-15)14-21-11-10-20-13-18(21)17-6-8-19-9-7-17/h6-9,15-16,18,20H,2-5,10-14H2,1H3. The molecule has 2 aliphatic rings. The maximum atomic E-state index is 4.16. The Kier molecular flexibility index (Phi) is 5.26. The van der Waals surface area contributed by atoms with Crippen LogP contribution in [0, 0.1) is 11.8 Å². The summed E-state index contributed by atoms with van der Waals surface area (Å²) in [7, 11) is 0. The van der Waals surface area contributed by atoms with Gasteiger partial charge in [0.05, 0.1) is 0 Å². The van der Waals surface area contributed by atoms with Crippen LogP contribution in [0.1, 0.15) is 50.6 Å². The third-order valence-electron chi connectivity index (χ3n) is 5.41. The van der Waals surface area contributed by atoms with E-state index < -0.39 is 0 Å². The van der Waals surface area contributed by atoms with Gasteiger partial charge in [-0.15, -0.1) is 0 Å². The summed E-state index contributed by atoms with van der Waals surface area (Å²) < 4.78 is 0. The van der Waals surface area contributed by atoms with Gasteiger partial charge in [-0.1, -0.05) is 26.2 Å². The third kappa shape index (κ3) is 3.83. The molecule has 3 rings (SSSR count). The normalized spacial score (nSPS) is 31.2. The summed E-state index contributed by atoms with van der Waals surface area (Å²) in [6, 6.07) is 4.89. The molecule has 2 heterocycles. The fourth-order valence-electron chi connectivity index (χ4n) is 4.15. The number of nitrogens with one attached hydrogen (secondary N) is 1. The van der Waals surface area contributed by atoms with Crippen molar-refractivity contribution in [2.24, 2.45) is 11.8 Å². The van der Waals surface area contributed by atoms with E-state index in [1.54, 1.807) is 0 Å². The van der Waals surface area contributed by atoms with E-state index in [0.29, 0.717) is 6.04 Å². The number of pyridine rings is 1. The lowest BCUT2D eigenvalue weighted by Gasteiger charge is -2.40. The maximum Gasteiger partial charge on any atom is 0.0474 e. The van der Waals surface area contributed by atoms with Crippen molar-refractivity contribution >= 4 is 0 Å². The van der Waals surface area contributed by atoms with Crippen LogP contribution < -0.4 is 5.32 Å². The smallest absolute Gasteiger partial charge is 0.0474 e. The van der Waals surface area contributed by atoms with Gasteiger partial charge in [-0.25, -0.2) is 0 Å². The van der Waals surface area contributed by atoms with E-state index in [4.69, 9.17) is 0 Å². The molecule has 1 aliphatic heterocycles. The summed E-state index contributed by atoms with van der Waals surface area (Å²) in [5, 5.41) is 3.56. The van der Waals surface area contributed by atoms with E-state index in [2.05, 4.69) is 34.3 Å². The highest BCUT2D eigenvalue weighted by Gasteiger charge is 2.28. The van der Waals surface area contributed by atoms with Gasteiger partial charge in [0.15, 0.2) is 0 Å². The molecular formula is C18H29N3. The predicted molar refractivity (Wildman–Crippen MR) is 87.2 cm³/mol. The van der Waals surface area contributed by atoms with Crippen LogP contribution in [0.25, 0.3) is 0 Å². The molecule has 1 saturated carbocycles. The molecule has 116 valence electrons. The third-order valence-corrected chi connectivity index (χ3v) is 5.41. The lowest BCUT2D eigenvalue weighted by molar-refractivity contribution is 0.111. The van der Waals surface area contributed by atoms with E-state index in [1.807, 2.05) is 12.4 Å². The highest BCUT2D eigenvalue weighted by Crippen LogP contribution is 2.33. The first-order valence-electron chi connectivity index (χ1n) is 8.71. The molecule has 2 fully saturated rings. The molecule has 1 aromatic heterocycles. The van der Waals surface area contributed by atoms with Crippen molar-refractivity contribution in [3.8, 4) is 0 Å². The average molecular weight is 287 g/mol. The molecular weight excluding hydrogens is 258 g/mol. The molecule has 21 heavy (non-hydrogen) atoms. The second-order valence-corrected chi connectivity index (χ2v) is 6.80. The zero-order chi connectivity index (χ0) is 14.5. The molecule has 1 aromatic rings. The fourth-order valence-corrected chi connectivity index (χ4v) is 4.15. The van der Waals surface area contributed by atoms with E-state index in [0.717, 1.165) is 24.9 Å². The van der Waals surface area contributed by atoms with Crippen LogP contribution in [0.5, 0.6) is 0 Å². The summed E-state index contributed by atoms with van der Waals surface area (Å²) >= 11 is 0. The lowest BCUT2D eigenvalue weighted by atomic mass is 9.79. The van der Waals surface area contributed by atoms with Crippen molar-refractivity contribution in [3.05, 3.63) is 30.1 Å². The van der Waals surface area contributed by atoms with E-state index in [-0.39, 0.29) is 0 Å². The molecule has 3 nitrogen and oxygen atoms in total. The first-order valence-corrected chi connectivity index (χ1v) is 8.71. The minimum atomic E-state index is 0.531. The Morgan fingerprint density at radius 1 is 1.24 bits per heavy atom. The molecule has 1 saturated heterocycles. The Bertz CT molecular complexity index is 420. The molecule has 1 aliphatic carbocycles. The number of hydrogen-bond donors (Lipinski definition) is 1. The summed E-state index contributed by atoms with van der Waals surface area (Å²) in [6.07, 6.45) is 11.0. The van der Waals surface area contributed by atoms with Crippen molar-refractivity contribution in [2.75, 3.05) is 26.2 Å². The van der Waals surface area contributed by atoms with Gasteiger partial charge in [0.25, 0.3) is 0 Å². The van der Waals surface area contributed by atoms with Crippen LogP contribution in [-0.2, 0) is 0 Å². The molecule has 0 bridgehead atoms. The van der Waals surface area contributed by atoms with Crippen molar-refractivity contribution in [3.63, 3.8) is 0 Å². The minimum Gasteiger partial charge on any atom is -0.314 e. The van der Waals surface area contributed by atoms with Gasteiger partial charge in [0, 0.05) is 44.6 Å². The molecule has 0 amide bonds. The van der Waals surface area contributed by atoms with Gasteiger partial charge >= 0.3 is 0 Å². The topological polar surface area (TPSA) is 28.2 Å². The maximum absolute atomic E-state index is 4.16. The van der Waals surface area contributed by atoms with Crippen LogP contribution in [0.3, 0.4) is 0 Å². The predicted octanol–water partition coefficient (Wildman–Crippen LogP) is 3.24. The Morgan fingerprint density at radius 3 is 2.86 bits per heavy atom. The lowest BCUT2D eigenvalue weighted by Crippen LogP contribution is -2.48. The van der Waals surface area contributed by atoms with Gasteiger partial charge in [0.2, 0.25) is 0 Å². The van der Waals surface area contributed by atoms with Gasteiger partial charge in [-0.05, 0) is 42.4 Å². The highest BCUT2D eigenvalue weighted by atomic mass is 15.2. The number of rotatable bonds is 4. The molecule has 0 spiro atoms. The quantitative estimate of drug-likeness (QED) is 0.921. The molecule has 3 unspecified atom stereocenters. The van der Waals surface area contributed by atoms with E-state index >= 15 is 0 Å². The molecule has 0 radical (unpaired) electrons. The average Bonchev–Trinajstić information content (AvgIpc) is 2.56. The monoisotopic (exact) mass is 287 g/mol. The summed E-state index contributed by atoms with van der Waals surface area (Å²) in [6.45, 7) is 7.03. The second-order valence-electron chi connectivity index (χ2n) is 6.80. The summed E-state index contributed by atoms with van der Waals surface area (Å²) in [5.41, 5.74) is 1.42. The van der Waals surface area contributed by atoms with Crippen LogP contribution in [0.2, 0.25) is 0 Å². The number of hydrogen-bond acceptors (Lipinski definition) is 3. The van der Waals surface area contributed by atoms with Crippen molar-refractivity contribution in [1.82, 2.24) is 15.2 Å². The summed E-state index contributed by atoms with van der Waals surface area (Å²) in [4.78, 5) is 6.88. The Morgan fingerprint density at radius 2 is 2.05 bits per heavy atom. The van der Waals surface area contributed by atoms with Gasteiger partial charge < -0.3 is 5.32 Å². The van der Waals surface area contributed by atoms with E-state index in [1.165, 1.54) is 50.8 Å². The first kappa shape index (κ1) is 15.0. The number of nitrogens with zero attached hydrogens (tertiary/aromatic N) is 2. The Labute approximate surface area is 129 Å². The van der Waals surface area contributed by atoms with Crippen LogP contribution >= 0.6 is 0 Å². The van der Waals surface area contributed by atoms with Crippen LogP contribution in [-0.4, -0.2) is 36.1 Å². The largest absolute Gasteiger partial charge is 0.314 e. The van der Waals surface area contributed by atoms with Crippen LogP contribution in [0.4, 0.5) is 0 Å². The van der Waals surface area contributed by atoms with E-state index in [9.17, 15) is 0 Å². The Hall–Kier alpha value is -0.930. The van der Waals surface area contributed by atoms with Crippen molar-refractivity contribution in [2.45, 2.75) is 45.1 Å². The van der Waals surface area contributed by atoms with Crippen LogP contribution in [0.15, 0.2) is 24.5 Å². The zero-order valence-electron chi connectivity index (χ0n) is 13.3. The van der Waals surface area contributed by atoms with Gasteiger partial charge in [-0.3, -0.25) is 9.88 Å². The van der Waals surface area contributed by atoms with Crippen molar-refractivity contribution < 1.29 is 0 Å². The van der Waals surface area contributed by atoms with Gasteiger partial charge in [0.1, 0.15) is 0 Å². The van der Waals surface area contributed by atoms with Crippen molar-refractivity contribution in [1.29, 1.82) is 0 Å². The number of piperazine rings is 1. The molecule has 3 atom stereocenters. The zero-order valence-corrected chi connectivity index (χ0v) is 13.3. The minimum absolute atomic E-state index is 0.531. The van der Waals surface area contributed by atoms with Gasteiger partial charge in [-0.2, -0.15) is 0 Å². The molecule has 1 N–H and O–H groups in total. The number of aromatic nitrogens is 1. The SMILES string of the molecule is CCC1CCCC(CN2CCNCC2c2ccncc2)C1. The highest BCUT2D eigenvalue weighted by molar-refractivity contribution is 5.16. The second kappa shape index (κ2) is 7.37. The fraction of sp³-hybridized carbons (Fsp3) is 0.722. The first-order chi connectivity index (χ1) is 10.4. The molecule has 3 heteroatoms. The summed E-state index contributed by atoms with van der Waals surface area (Å²) in [5.74, 6) is 1.89. The Balaban J connectivity index is 1.64. The molecule has 0 aromatic carbocycles.